The van der Waals surface area contributed by atoms with Crippen LogP contribution in [0.3, 0.4) is 0 Å². The Morgan fingerprint density at radius 1 is 1.75 bits per heavy atom. The first-order chi connectivity index (χ1) is 5.65. The molecule has 0 aliphatic carbocycles. The minimum Gasteiger partial charge on any atom is -0.408 e. The highest BCUT2D eigenvalue weighted by molar-refractivity contribution is 5.74. The van der Waals surface area contributed by atoms with E-state index in [4.69, 9.17) is 9.83 Å². The van der Waals surface area contributed by atoms with Crippen LogP contribution in [0.1, 0.15) is 31.0 Å². The molecule has 0 spiro atoms. The maximum absolute atomic E-state index is 10.8. The topological polar surface area (TPSA) is 71.9 Å². The molecule has 0 amide bonds. The van der Waals surface area contributed by atoms with Crippen LogP contribution in [0.25, 0.3) is 0 Å². The number of aryl methyl sites for hydroxylation is 1. The maximum Gasteiger partial charge on any atom is 0.319 e. The second-order valence-corrected chi connectivity index (χ2v) is 2.48. The van der Waals surface area contributed by atoms with Crippen molar-refractivity contribution in [3.63, 3.8) is 0 Å². The van der Waals surface area contributed by atoms with Crippen molar-refractivity contribution in [2.24, 2.45) is 0 Å². The van der Waals surface area contributed by atoms with Crippen LogP contribution < -0.4 is 5.68 Å². The van der Waals surface area contributed by atoms with Gasteiger partial charge < -0.3 is 4.42 Å². The van der Waals surface area contributed by atoms with Gasteiger partial charge in [-0.2, -0.15) is 0 Å². The zero-order chi connectivity index (χ0) is 9.14. The van der Waals surface area contributed by atoms with Crippen LogP contribution in [0.15, 0.2) is 4.42 Å². The Bertz CT molecular complexity index is 337. The molecule has 0 unspecified atom stereocenters. The summed E-state index contributed by atoms with van der Waals surface area (Å²) in [7, 11) is 0. The van der Waals surface area contributed by atoms with Gasteiger partial charge in [-0.15, -0.1) is 9.78 Å². The van der Waals surface area contributed by atoms with Crippen LogP contribution in [-0.4, -0.2) is 15.7 Å². The van der Waals surface area contributed by atoms with E-state index in [9.17, 15) is 4.79 Å². The number of hydrogen-bond acceptors (Lipinski definition) is 4. The van der Waals surface area contributed by atoms with E-state index in [1.807, 2.05) is 6.92 Å². The van der Waals surface area contributed by atoms with Crippen molar-refractivity contribution in [3.8, 4) is 0 Å². The summed E-state index contributed by atoms with van der Waals surface area (Å²) in [4.78, 5) is 10.8. The van der Waals surface area contributed by atoms with Crippen molar-refractivity contribution in [1.29, 1.82) is 5.41 Å². The fraction of sp³-hybridized carbons (Fsp3) is 0.571. The minimum absolute atomic E-state index is 0.203. The first kappa shape index (κ1) is 8.70. The van der Waals surface area contributed by atoms with Crippen LogP contribution in [0.4, 0.5) is 0 Å². The van der Waals surface area contributed by atoms with E-state index in [1.54, 1.807) is 0 Å². The fourth-order valence-electron chi connectivity index (χ4n) is 0.860. The third-order valence-corrected chi connectivity index (χ3v) is 1.38. The molecule has 0 saturated heterocycles. The summed E-state index contributed by atoms with van der Waals surface area (Å²) >= 11 is 0. The zero-order valence-electron chi connectivity index (χ0n) is 7.13. The molecule has 0 atom stereocenters. The van der Waals surface area contributed by atoms with E-state index in [0.29, 0.717) is 12.3 Å². The highest BCUT2D eigenvalue weighted by atomic mass is 16.4. The Hall–Kier alpha value is -1.39. The molecule has 1 aromatic heterocycles. The molecule has 0 fully saturated rings. The standard InChI is InChI=1S/C7H11N3O2/c1-3-4-6-9-10(5(2)11)7(8)12-6/h8H,3-4H2,1-2H3. The van der Waals surface area contributed by atoms with Crippen molar-refractivity contribution in [1.82, 2.24) is 9.78 Å². The highest BCUT2D eigenvalue weighted by Gasteiger charge is 2.06. The fourth-order valence-corrected chi connectivity index (χ4v) is 0.860. The number of carbonyl (C=O) groups excluding carboxylic acids is 1. The first-order valence-electron chi connectivity index (χ1n) is 3.79. The van der Waals surface area contributed by atoms with E-state index < -0.39 is 0 Å². The molecule has 0 aromatic carbocycles. The van der Waals surface area contributed by atoms with E-state index in [-0.39, 0.29) is 11.6 Å². The molecule has 1 aromatic rings. The Kier molecular flexibility index (Phi) is 2.42. The van der Waals surface area contributed by atoms with Crippen molar-refractivity contribution in [2.75, 3.05) is 0 Å². The molecule has 1 heterocycles. The Morgan fingerprint density at radius 3 is 2.83 bits per heavy atom. The molecule has 0 aliphatic rings. The lowest BCUT2D eigenvalue weighted by Crippen LogP contribution is -2.21. The van der Waals surface area contributed by atoms with E-state index in [2.05, 4.69) is 5.10 Å². The van der Waals surface area contributed by atoms with Gasteiger partial charge in [-0.25, -0.2) is 5.41 Å². The molecule has 0 saturated carbocycles. The van der Waals surface area contributed by atoms with Crippen molar-refractivity contribution in [3.05, 3.63) is 11.6 Å². The van der Waals surface area contributed by atoms with Gasteiger partial charge in [0.2, 0.25) is 11.8 Å². The summed E-state index contributed by atoms with van der Waals surface area (Å²) in [6, 6.07) is 0. The van der Waals surface area contributed by atoms with Gasteiger partial charge in [-0.3, -0.25) is 4.79 Å². The summed E-state index contributed by atoms with van der Waals surface area (Å²) in [6.45, 7) is 3.32. The Morgan fingerprint density at radius 2 is 2.42 bits per heavy atom. The van der Waals surface area contributed by atoms with Gasteiger partial charge in [0, 0.05) is 13.3 Å². The van der Waals surface area contributed by atoms with Crippen LogP contribution >= 0.6 is 0 Å². The molecule has 1 N–H and O–H groups in total. The largest absolute Gasteiger partial charge is 0.408 e. The first-order valence-corrected chi connectivity index (χ1v) is 3.79. The van der Waals surface area contributed by atoms with Crippen LogP contribution in [-0.2, 0) is 6.42 Å². The van der Waals surface area contributed by atoms with Gasteiger partial charge in [0.1, 0.15) is 0 Å². The predicted molar refractivity (Wildman–Crippen MR) is 40.6 cm³/mol. The van der Waals surface area contributed by atoms with Crippen LogP contribution in [0.5, 0.6) is 0 Å². The summed E-state index contributed by atoms with van der Waals surface area (Å²) in [6.07, 6.45) is 1.55. The molecular weight excluding hydrogens is 158 g/mol. The number of nitrogens with one attached hydrogen (secondary N) is 1. The van der Waals surface area contributed by atoms with Gasteiger partial charge in [0.15, 0.2) is 0 Å². The molecular formula is C7H11N3O2. The molecule has 0 aliphatic heterocycles. The third kappa shape index (κ3) is 1.61. The van der Waals surface area contributed by atoms with Gasteiger partial charge in [-0.05, 0) is 6.42 Å². The van der Waals surface area contributed by atoms with Crippen LogP contribution in [0.2, 0.25) is 0 Å². The summed E-state index contributed by atoms with van der Waals surface area (Å²) in [5.41, 5.74) is -0.203. The van der Waals surface area contributed by atoms with Gasteiger partial charge in [0.05, 0.1) is 0 Å². The zero-order valence-corrected chi connectivity index (χ0v) is 7.13. The summed E-state index contributed by atoms with van der Waals surface area (Å²) in [5, 5.41) is 11.0. The molecule has 0 radical (unpaired) electrons. The third-order valence-electron chi connectivity index (χ3n) is 1.38. The average molecular weight is 169 g/mol. The Balaban J connectivity index is 3.01. The normalized spacial score (nSPS) is 10.2. The van der Waals surface area contributed by atoms with E-state index in [1.165, 1.54) is 6.92 Å². The summed E-state index contributed by atoms with van der Waals surface area (Å²) in [5.74, 6) is 0.142. The molecule has 0 bridgehead atoms. The monoisotopic (exact) mass is 169 g/mol. The number of rotatable bonds is 2. The van der Waals surface area contributed by atoms with Gasteiger partial charge in [0.25, 0.3) is 0 Å². The Labute approximate surface area is 69.5 Å². The number of carbonyl (C=O) groups is 1. The van der Waals surface area contributed by atoms with Crippen LogP contribution in [0, 0.1) is 5.41 Å². The van der Waals surface area contributed by atoms with Crippen molar-refractivity contribution < 1.29 is 9.21 Å². The molecule has 5 heteroatoms. The van der Waals surface area contributed by atoms with Gasteiger partial charge in [-0.1, -0.05) is 6.92 Å². The predicted octanol–water partition coefficient (Wildman–Crippen LogP) is 0.568. The number of hydrogen-bond donors (Lipinski definition) is 1. The van der Waals surface area contributed by atoms with Crippen molar-refractivity contribution in [2.45, 2.75) is 26.7 Å². The molecule has 66 valence electrons. The van der Waals surface area contributed by atoms with E-state index >= 15 is 0 Å². The molecule has 5 nitrogen and oxygen atoms in total. The lowest BCUT2D eigenvalue weighted by molar-refractivity contribution is 0.0910. The minimum atomic E-state index is -0.300. The SMILES string of the molecule is CCCc1nn(C(C)=O)c(=N)o1. The molecule has 1 rings (SSSR count). The second kappa shape index (κ2) is 3.34. The van der Waals surface area contributed by atoms with Gasteiger partial charge >= 0.3 is 5.68 Å². The van der Waals surface area contributed by atoms with E-state index in [0.717, 1.165) is 11.1 Å². The lowest BCUT2D eigenvalue weighted by Gasteiger charge is -1.86. The quantitative estimate of drug-likeness (QED) is 0.703. The average Bonchev–Trinajstić information content (AvgIpc) is 2.32. The lowest BCUT2D eigenvalue weighted by atomic mass is 10.3. The summed E-state index contributed by atoms with van der Waals surface area (Å²) < 4.78 is 5.86. The highest BCUT2D eigenvalue weighted by Crippen LogP contribution is 1.94. The maximum atomic E-state index is 10.8. The second-order valence-electron chi connectivity index (χ2n) is 2.48. The smallest absolute Gasteiger partial charge is 0.319 e. The molecule has 12 heavy (non-hydrogen) atoms. The number of aromatic nitrogens is 2. The number of nitrogens with zero attached hydrogens (tertiary/aromatic N) is 2. The van der Waals surface area contributed by atoms with Crippen molar-refractivity contribution >= 4 is 5.91 Å².